The standard InChI is InChI=1S/C9H8O5/c1-4(10)5-2-6(9(13)14)8(12)3-7(5)11/h2-3,11-12H,1H3,(H,13,14)/p-1. The number of benzene rings is 1. The van der Waals surface area contributed by atoms with Crippen molar-refractivity contribution >= 4 is 11.8 Å². The second kappa shape index (κ2) is 3.37. The third-order valence-electron chi connectivity index (χ3n) is 1.71. The van der Waals surface area contributed by atoms with Crippen LogP contribution in [-0.4, -0.2) is 22.0 Å². The molecular weight excluding hydrogens is 188 g/mol. The summed E-state index contributed by atoms with van der Waals surface area (Å²) in [7, 11) is 0. The summed E-state index contributed by atoms with van der Waals surface area (Å²) in [5.74, 6) is -3.23. The molecule has 0 radical (unpaired) electrons. The maximum Gasteiger partial charge on any atom is 0.335 e. The quantitative estimate of drug-likeness (QED) is 0.664. The van der Waals surface area contributed by atoms with Crippen LogP contribution in [0.3, 0.4) is 0 Å². The molecule has 0 unspecified atom stereocenters. The third-order valence-corrected chi connectivity index (χ3v) is 1.71. The topological polar surface area (TPSA) is 97.7 Å². The smallest absolute Gasteiger partial charge is 0.335 e. The Morgan fingerprint density at radius 1 is 1.29 bits per heavy atom. The SMILES string of the molecule is CC(=O)c1cc(C(=O)O)c([O-])cc1O. The number of phenolic OH excluding ortho intramolecular Hbond substituents is 1. The summed E-state index contributed by atoms with van der Waals surface area (Å²) in [5.41, 5.74) is -0.685. The molecule has 0 fully saturated rings. The van der Waals surface area contributed by atoms with Gasteiger partial charge in [-0.15, -0.1) is 0 Å². The fourth-order valence-corrected chi connectivity index (χ4v) is 1.02. The number of ketones is 1. The molecule has 0 saturated carbocycles. The zero-order valence-corrected chi connectivity index (χ0v) is 7.27. The molecule has 2 N–H and O–H groups in total. The van der Waals surface area contributed by atoms with Crippen LogP contribution in [0.5, 0.6) is 11.5 Å². The van der Waals surface area contributed by atoms with Crippen LogP contribution < -0.4 is 5.11 Å². The first-order valence-corrected chi connectivity index (χ1v) is 3.71. The van der Waals surface area contributed by atoms with E-state index in [1.165, 1.54) is 6.92 Å². The van der Waals surface area contributed by atoms with Crippen molar-refractivity contribution in [2.45, 2.75) is 6.92 Å². The maximum atomic E-state index is 11.0. The number of Topliss-reactive ketones (excluding diaryl/α,β-unsaturated/α-hetero) is 1. The summed E-state index contributed by atoms with van der Waals surface area (Å²) in [6, 6.07) is 1.60. The molecule has 1 aromatic carbocycles. The van der Waals surface area contributed by atoms with Crippen LogP contribution in [0.15, 0.2) is 12.1 Å². The lowest BCUT2D eigenvalue weighted by Crippen LogP contribution is -2.06. The highest BCUT2D eigenvalue weighted by atomic mass is 16.4. The molecule has 0 aliphatic heterocycles. The first-order chi connectivity index (χ1) is 6.43. The molecule has 74 valence electrons. The van der Waals surface area contributed by atoms with E-state index in [0.29, 0.717) is 0 Å². The van der Waals surface area contributed by atoms with Crippen molar-refractivity contribution in [3.63, 3.8) is 0 Å². The Morgan fingerprint density at radius 3 is 2.29 bits per heavy atom. The third kappa shape index (κ3) is 1.66. The summed E-state index contributed by atoms with van der Waals surface area (Å²) in [6.45, 7) is 1.17. The molecule has 0 aromatic heterocycles. The number of rotatable bonds is 2. The second-order valence-corrected chi connectivity index (χ2v) is 2.73. The van der Waals surface area contributed by atoms with Crippen LogP contribution in [0.25, 0.3) is 0 Å². The van der Waals surface area contributed by atoms with Crippen molar-refractivity contribution < 1.29 is 24.9 Å². The number of aromatic hydroxyl groups is 1. The first-order valence-electron chi connectivity index (χ1n) is 3.71. The van der Waals surface area contributed by atoms with Crippen molar-refractivity contribution in [2.24, 2.45) is 0 Å². The van der Waals surface area contributed by atoms with E-state index in [2.05, 4.69) is 0 Å². The van der Waals surface area contributed by atoms with Gasteiger partial charge in [0.2, 0.25) is 0 Å². The molecule has 1 aromatic rings. The predicted molar refractivity (Wildman–Crippen MR) is 44.5 cm³/mol. The molecule has 0 spiro atoms. The van der Waals surface area contributed by atoms with Gasteiger partial charge in [-0.1, -0.05) is 5.75 Å². The van der Waals surface area contributed by atoms with Crippen molar-refractivity contribution in [1.29, 1.82) is 0 Å². The van der Waals surface area contributed by atoms with Crippen molar-refractivity contribution in [3.05, 3.63) is 23.3 Å². The van der Waals surface area contributed by atoms with E-state index in [4.69, 9.17) is 10.2 Å². The fraction of sp³-hybridized carbons (Fsp3) is 0.111. The number of aromatic carboxylic acids is 1. The largest absolute Gasteiger partial charge is 0.872 e. The molecule has 14 heavy (non-hydrogen) atoms. The Balaban J connectivity index is 3.42. The van der Waals surface area contributed by atoms with Crippen LogP contribution in [0, 0.1) is 0 Å². The van der Waals surface area contributed by atoms with Crippen LogP contribution >= 0.6 is 0 Å². The number of phenols is 1. The first kappa shape index (κ1) is 10.0. The summed E-state index contributed by atoms with van der Waals surface area (Å²) in [6.07, 6.45) is 0. The van der Waals surface area contributed by atoms with Gasteiger partial charge in [0, 0.05) is 0 Å². The minimum Gasteiger partial charge on any atom is -0.872 e. The minimum atomic E-state index is -1.42. The van der Waals surface area contributed by atoms with Gasteiger partial charge in [-0.25, -0.2) is 4.79 Å². The van der Waals surface area contributed by atoms with E-state index in [9.17, 15) is 14.7 Å². The van der Waals surface area contributed by atoms with Gasteiger partial charge in [-0.3, -0.25) is 4.79 Å². The second-order valence-electron chi connectivity index (χ2n) is 2.73. The van der Waals surface area contributed by atoms with E-state index < -0.39 is 28.8 Å². The zero-order valence-electron chi connectivity index (χ0n) is 7.27. The highest BCUT2D eigenvalue weighted by molar-refractivity contribution is 6.00. The lowest BCUT2D eigenvalue weighted by Gasteiger charge is -2.12. The van der Waals surface area contributed by atoms with Gasteiger partial charge in [-0.2, -0.15) is 0 Å². The van der Waals surface area contributed by atoms with Crippen molar-refractivity contribution in [1.82, 2.24) is 0 Å². The van der Waals surface area contributed by atoms with Gasteiger partial charge in [0.1, 0.15) is 5.75 Å². The van der Waals surface area contributed by atoms with E-state index in [0.717, 1.165) is 12.1 Å². The monoisotopic (exact) mass is 195 g/mol. The Labute approximate surface area is 79.2 Å². The maximum absolute atomic E-state index is 11.0. The summed E-state index contributed by atoms with van der Waals surface area (Å²) in [4.78, 5) is 21.4. The lowest BCUT2D eigenvalue weighted by molar-refractivity contribution is -0.268. The van der Waals surface area contributed by atoms with Gasteiger partial charge in [0.15, 0.2) is 5.78 Å². The minimum absolute atomic E-state index is 0.165. The van der Waals surface area contributed by atoms with Crippen LogP contribution in [0.4, 0.5) is 0 Å². The molecule has 1 rings (SSSR count). The van der Waals surface area contributed by atoms with Crippen LogP contribution in [0.2, 0.25) is 0 Å². The molecule has 0 amide bonds. The normalized spacial score (nSPS) is 9.79. The van der Waals surface area contributed by atoms with Gasteiger partial charge in [0.25, 0.3) is 0 Å². The van der Waals surface area contributed by atoms with Gasteiger partial charge < -0.3 is 15.3 Å². The summed E-state index contributed by atoms with van der Waals surface area (Å²) in [5, 5.41) is 28.7. The van der Waals surface area contributed by atoms with Gasteiger partial charge in [0.05, 0.1) is 11.1 Å². The number of hydrogen-bond donors (Lipinski definition) is 2. The van der Waals surface area contributed by atoms with E-state index in [-0.39, 0.29) is 5.56 Å². The Hall–Kier alpha value is -2.04. The summed E-state index contributed by atoms with van der Waals surface area (Å²) < 4.78 is 0. The lowest BCUT2D eigenvalue weighted by atomic mass is 10.1. The molecule has 0 heterocycles. The molecular formula is C9H7O5-. The Morgan fingerprint density at radius 2 is 1.86 bits per heavy atom. The predicted octanol–water partition coefficient (Wildman–Crippen LogP) is 0.367. The number of hydrogen-bond acceptors (Lipinski definition) is 4. The highest BCUT2D eigenvalue weighted by Gasteiger charge is 2.12. The number of carbonyl (C=O) groups is 2. The number of carbonyl (C=O) groups excluding carboxylic acids is 1. The number of carboxylic acid groups (broad SMARTS) is 1. The molecule has 0 aliphatic rings. The molecule has 0 saturated heterocycles. The summed E-state index contributed by atoms with van der Waals surface area (Å²) >= 11 is 0. The van der Waals surface area contributed by atoms with E-state index in [1.807, 2.05) is 0 Å². The molecule has 5 heteroatoms. The van der Waals surface area contributed by atoms with Crippen molar-refractivity contribution in [3.8, 4) is 11.5 Å². The average molecular weight is 195 g/mol. The molecule has 0 atom stereocenters. The van der Waals surface area contributed by atoms with Gasteiger partial charge >= 0.3 is 5.97 Å². The molecule has 0 aliphatic carbocycles. The van der Waals surface area contributed by atoms with Gasteiger partial charge in [-0.05, 0) is 19.1 Å². The van der Waals surface area contributed by atoms with Crippen molar-refractivity contribution in [2.75, 3.05) is 0 Å². The zero-order chi connectivity index (χ0) is 10.9. The van der Waals surface area contributed by atoms with Crippen LogP contribution in [-0.2, 0) is 0 Å². The van der Waals surface area contributed by atoms with E-state index >= 15 is 0 Å². The fourth-order valence-electron chi connectivity index (χ4n) is 1.02. The Bertz CT molecular complexity index is 373. The molecule has 5 nitrogen and oxygen atoms in total. The molecule has 0 bridgehead atoms. The van der Waals surface area contributed by atoms with E-state index in [1.54, 1.807) is 0 Å². The Kier molecular flexibility index (Phi) is 2.42. The number of carboxylic acids is 1. The average Bonchev–Trinajstić information content (AvgIpc) is 2.02. The highest BCUT2D eigenvalue weighted by Crippen LogP contribution is 2.25. The van der Waals surface area contributed by atoms with Crippen LogP contribution in [0.1, 0.15) is 27.6 Å².